The molecule has 190 valence electrons. The first-order valence-corrected chi connectivity index (χ1v) is 11.1. The van der Waals surface area contributed by atoms with Crippen molar-refractivity contribution in [1.82, 2.24) is 15.0 Å². The zero-order valence-electron chi connectivity index (χ0n) is 19.7. The van der Waals surface area contributed by atoms with E-state index in [0.29, 0.717) is 16.8 Å². The maximum absolute atomic E-state index is 13.9. The highest BCUT2D eigenvalue weighted by Gasteiger charge is 2.39. The predicted octanol–water partition coefficient (Wildman–Crippen LogP) is 5.30. The Morgan fingerprint density at radius 1 is 1.17 bits per heavy atom. The molecule has 1 aliphatic rings. The van der Waals surface area contributed by atoms with Crippen LogP contribution < -0.4 is 16.0 Å². The van der Waals surface area contributed by atoms with Gasteiger partial charge in [-0.1, -0.05) is 0 Å². The zero-order chi connectivity index (χ0) is 26.2. The molecule has 2 aromatic heterocycles. The molecule has 3 heterocycles. The molecule has 1 saturated heterocycles. The molecule has 0 saturated carbocycles. The van der Waals surface area contributed by atoms with Crippen LogP contribution in [0, 0.1) is 6.92 Å². The monoisotopic (exact) mass is 504 g/mol. The average Bonchev–Trinajstić information content (AvgIpc) is 3.20. The smallest absolute Gasteiger partial charge is 0.417 e. The highest BCUT2D eigenvalue weighted by atomic mass is 19.4. The van der Waals surface area contributed by atoms with Crippen molar-refractivity contribution in [2.45, 2.75) is 45.2 Å². The number of alkyl halides is 4. The molecule has 36 heavy (non-hydrogen) atoms. The molecule has 0 unspecified atom stereocenters. The van der Waals surface area contributed by atoms with E-state index in [1.54, 1.807) is 19.9 Å². The number of halogens is 4. The number of cyclic esters (lactones) is 1. The second kappa shape index (κ2) is 9.59. The summed E-state index contributed by atoms with van der Waals surface area (Å²) in [5.41, 5.74) is 6.51. The van der Waals surface area contributed by atoms with Crippen molar-refractivity contribution in [2.24, 2.45) is 0 Å². The van der Waals surface area contributed by atoms with Crippen molar-refractivity contribution in [3.63, 3.8) is 0 Å². The zero-order valence-corrected chi connectivity index (χ0v) is 19.7. The first-order valence-electron chi connectivity index (χ1n) is 11.1. The third-order valence-electron chi connectivity index (χ3n) is 5.88. The number of amides is 1. The fraction of sp³-hybridized carbons (Fsp3) is 0.333. The standard InChI is InChI=1S/C24H24F4N6O2/c1-12-8-19(31-10-17(12)16-9-15(29)4-5-18(16)24(26,27)28)14(3)32-22-30-7-6-21(33-22)34-20(13(2)25)11-36-23(34)35/h4-10,13-14,20H,11,29H2,1-3H3,(H,30,32,33)/t13-,14-,20+/m0/s1. The summed E-state index contributed by atoms with van der Waals surface area (Å²) in [4.78, 5) is 26.1. The molecule has 0 radical (unpaired) electrons. The molecule has 0 spiro atoms. The number of hydrogen-bond acceptors (Lipinski definition) is 7. The highest BCUT2D eigenvalue weighted by Crippen LogP contribution is 2.39. The van der Waals surface area contributed by atoms with E-state index in [4.69, 9.17) is 10.5 Å². The van der Waals surface area contributed by atoms with E-state index in [1.807, 2.05) is 0 Å². The van der Waals surface area contributed by atoms with Gasteiger partial charge in [-0.3, -0.25) is 9.88 Å². The fourth-order valence-electron chi connectivity index (χ4n) is 3.99. The number of aryl methyl sites for hydroxylation is 1. The fourth-order valence-corrected chi connectivity index (χ4v) is 3.99. The molecule has 0 aliphatic carbocycles. The molecule has 3 aromatic rings. The molecule has 8 nitrogen and oxygen atoms in total. The summed E-state index contributed by atoms with van der Waals surface area (Å²) in [5, 5.41) is 3.05. The topological polar surface area (TPSA) is 106 Å². The van der Waals surface area contributed by atoms with Crippen LogP contribution in [0.2, 0.25) is 0 Å². The number of pyridine rings is 1. The van der Waals surface area contributed by atoms with Gasteiger partial charge < -0.3 is 15.8 Å². The van der Waals surface area contributed by atoms with Crippen LogP contribution >= 0.6 is 0 Å². The van der Waals surface area contributed by atoms with E-state index in [9.17, 15) is 22.4 Å². The van der Waals surface area contributed by atoms with Gasteiger partial charge in [0.15, 0.2) is 0 Å². The van der Waals surface area contributed by atoms with Gasteiger partial charge in [-0.15, -0.1) is 0 Å². The van der Waals surface area contributed by atoms with Crippen molar-refractivity contribution in [2.75, 3.05) is 22.6 Å². The molecular formula is C24H24F4N6O2. The Kier molecular flexibility index (Phi) is 6.70. The Morgan fingerprint density at radius 3 is 2.58 bits per heavy atom. The lowest BCUT2D eigenvalue weighted by Crippen LogP contribution is -2.39. The predicted molar refractivity (Wildman–Crippen MR) is 126 cm³/mol. The number of carbonyl (C=O) groups excluding carboxylic acids is 1. The Labute approximate surface area is 204 Å². The molecule has 3 N–H and O–H groups in total. The second-order valence-electron chi connectivity index (χ2n) is 8.52. The molecule has 1 fully saturated rings. The number of nitrogen functional groups attached to an aromatic ring is 1. The van der Waals surface area contributed by atoms with Crippen LogP contribution in [-0.2, 0) is 10.9 Å². The van der Waals surface area contributed by atoms with E-state index in [0.717, 1.165) is 11.0 Å². The van der Waals surface area contributed by atoms with Gasteiger partial charge in [-0.2, -0.15) is 18.2 Å². The van der Waals surface area contributed by atoms with Crippen LogP contribution in [0.25, 0.3) is 11.1 Å². The number of nitrogens with one attached hydrogen (secondary N) is 1. The first kappa shape index (κ1) is 25.1. The van der Waals surface area contributed by atoms with Gasteiger partial charge in [0.25, 0.3) is 0 Å². The van der Waals surface area contributed by atoms with Gasteiger partial charge in [-0.05, 0) is 62.2 Å². The minimum Gasteiger partial charge on any atom is -0.447 e. The van der Waals surface area contributed by atoms with Crippen molar-refractivity contribution in [3.8, 4) is 11.1 Å². The minimum absolute atomic E-state index is 0.0511. The van der Waals surface area contributed by atoms with Crippen LogP contribution in [0.3, 0.4) is 0 Å². The Morgan fingerprint density at radius 2 is 1.92 bits per heavy atom. The van der Waals surface area contributed by atoms with E-state index in [1.165, 1.54) is 37.5 Å². The number of aromatic nitrogens is 3. The lowest BCUT2D eigenvalue weighted by atomic mass is 9.95. The third-order valence-corrected chi connectivity index (χ3v) is 5.88. The van der Waals surface area contributed by atoms with Crippen LogP contribution in [0.1, 0.15) is 36.7 Å². The number of carbonyl (C=O) groups is 1. The van der Waals surface area contributed by atoms with Crippen LogP contribution in [0.5, 0.6) is 0 Å². The molecular weight excluding hydrogens is 480 g/mol. The first-order chi connectivity index (χ1) is 17.0. The number of rotatable bonds is 6. The molecule has 1 aromatic carbocycles. The van der Waals surface area contributed by atoms with Gasteiger partial charge in [0.1, 0.15) is 24.6 Å². The van der Waals surface area contributed by atoms with Crippen molar-refractivity contribution in [1.29, 1.82) is 0 Å². The lowest BCUT2D eigenvalue weighted by molar-refractivity contribution is -0.137. The Bertz CT molecular complexity index is 1280. The Balaban J connectivity index is 1.58. The van der Waals surface area contributed by atoms with E-state index in [2.05, 4.69) is 20.3 Å². The van der Waals surface area contributed by atoms with Gasteiger partial charge in [0.2, 0.25) is 5.95 Å². The van der Waals surface area contributed by atoms with Gasteiger partial charge in [0, 0.05) is 23.6 Å². The van der Waals surface area contributed by atoms with Gasteiger partial charge >= 0.3 is 12.3 Å². The summed E-state index contributed by atoms with van der Waals surface area (Å²) in [7, 11) is 0. The largest absolute Gasteiger partial charge is 0.447 e. The number of nitrogens with zero attached hydrogens (tertiary/aromatic N) is 4. The minimum atomic E-state index is -4.55. The average molecular weight is 504 g/mol. The number of hydrogen-bond donors (Lipinski definition) is 2. The summed E-state index contributed by atoms with van der Waals surface area (Å²) in [6, 6.07) is 5.33. The summed E-state index contributed by atoms with van der Waals surface area (Å²) in [6.07, 6.45) is -3.78. The second-order valence-corrected chi connectivity index (χ2v) is 8.52. The number of anilines is 3. The summed E-state index contributed by atoms with van der Waals surface area (Å²) >= 11 is 0. The molecule has 3 atom stereocenters. The van der Waals surface area contributed by atoms with E-state index < -0.39 is 36.1 Å². The lowest BCUT2D eigenvalue weighted by Gasteiger charge is -2.22. The normalized spacial score (nSPS) is 17.6. The summed E-state index contributed by atoms with van der Waals surface area (Å²) < 4.78 is 59.5. The van der Waals surface area contributed by atoms with E-state index in [-0.39, 0.29) is 29.6 Å². The SMILES string of the molecule is Cc1cc([C@H](C)Nc2nccc(N3C(=O)OC[C@@H]3[C@H](C)F)n2)ncc1-c1cc(N)ccc1C(F)(F)F. The quantitative estimate of drug-likeness (QED) is 0.346. The summed E-state index contributed by atoms with van der Waals surface area (Å²) in [6.45, 7) is 4.71. The molecule has 0 bridgehead atoms. The van der Waals surface area contributed by atoms with Crippen molar-refractivity contribution >= 4 is 23.5 Å². The third kappa shape index (κ3) is 5.02. The molecule has 1 amide bonds. The molecule has 1 aliphatic heterocycles. The van der Waals surface area contributed by atoms with Gasteiger partial charge in [-0.25, -0.2) is 14.2 Å². The summed E-state index contributed by atoms with van der Waals surface area (Å²) in [5.74, 6) is 0.334. The highest BCUT2D eigenvalue weighted by molar-refractivity contribution is 5.89. The maximum atomic E-state index is 13.9. The van der Waals surface area contributed by atoms with Crippen LogP contribution in [0.15, 0.2) is 42.7 Å². The van der Waals surface area contributed by atoms with Crippen LogP contribution in [-0.4, -0.2) is 39.9 Å². The number of benzene rings is 1. The van der Waals surface area contributed by atoms with Crippen molar-refractivity contribution in [3.05, 3.63) is 59.5 Å². The van der Waals surface area contributed by atoms with Crippen LogP contribution in [0.4, 0.5) is 39.8 Å². The van der Waals surface area contributed by atoms with Crippen molar-refractivity contribution < 1.29 is 27.1 Å². The van der Waals surface area contributed by atoms with E-state index >= 15 is 0 Å². The molecule has 4 rings (SSSR count). The number of ether oxygens (including phenoxy) is 1. The van der Waals surface area contributed by atoms with Gasteiger partial charge in [0.05, 0.1) is 17.3 Å². The Hall–Kier alpha value is -3.96. The maximum Gasteiger partial charge on any atom is 0.417 e. The number of nitrogens with two attached hydrogens (primary N) is 1. The molecule has 12 heteroatoms.